The Bertz CT molecular complexity index is 905. The van der Waals surface area contributed by atoms with Gasteiger partial charge in [0, 0.05) is 31.6 Å². The van der Waals surface area contributed by atoms with Crippen molar-refractivity contribution in [3.63, 3.8) is 0 Å². The van der Waals surface area contributed by atoms with Crippen LogP contribution in [0, 0.1) is 13.8 Å². The van der Waals surface area contributed by atoms with Gasteiger partial charge in [-0.05, 0) is 38.4 Å². The first-order valence-corrected chi connectivity index (χ1v) is 9.20. The number of nitrogens with one attached hydrogen (secondary N) is 1. The minimum atomic E-state index is 0.0586. The zero-order valence-electron chi connectivity index (χ0n) is 16.1. The Morgan fingerprint density at radius 2 is 2.00 bits per heavy atom. The van der Waals surface area contributed by atoms with Gasteiger partial charge in [0.25, 0.3) is 0 Å². The van der Waals surface area contributed by atoms with Crippen molar-refractivity contribution in [1.82, 2.24) is 30.0 Å². The molecular formula is C20H26N6O. The minimum Gasteiger partial charge on any atom is -0.355 e. The summed E-state index contributed by atoms with van der Waals surface area (Å²) in [4.78, 5) is 14.4. The maximum absolute atomic E-state index is 12.2. The van der Waals surface area contributed by atoms with E-state index in [2.05, 4.69) is 44.7 Å². The molecule has 0 saturated carbocycles. The highest BCUT2D eigenvalue weighted by Crippen LogP contribution is 2.17. The zero-order chi connectivity index (χ0) is 19.2. The van der Waals surface area contributed by atoms with Crippen LogP contribution in [0.3, 0.4) is 0 Å². The molecule has 1 N–H and O–H groups in total. The normalized spacial score (nSPS) is 11.3. The van der Waals surface area contributed by atoms with Crippen LogP contribution < -0.4 is 5.32 Å². The fourth-order valence-corrected chi connectivity index (χ4v) is 3.23. The number of amides is 1. The number of aryl methyl sites for hydroxylation is 2. The molecular weight excluding hydrogens is 340 g/mol. The van der Waals surface area contributed by atoms with Gasteiger partial charge in [-0.3, -0.25) is 4.79 Å². The van der Waals surface area contributed by atoms with Crippen molar-refractivity contribution in [3.8, 4) is 0 Å². The van der Waals surface area contributed by atoms with E-state index in [-0.39, 0.29) is 5.91 Å². The number of nitrogens with zero attached hydrogens (tertiary/aromatic N) is 5. The molecule has 0 spiro atoms. The Labute approximate surface area is 159 Å². The lowest BCUT2D eigenvalue weighted by Gasteiger charge is -2.17. The van der Waals surface area contributed by atoms with Crippen LogP contribution in [0.25, 0.3) is 5.65 Å². The average molecular weight is 366 g/mol. The fraction of sp³-hybridized carbons (Fsp3) is 0.400. The van der Waals surface area contributed by atoms with E-state index in [4.69, 9.17) is 0 Å². The third kappa shape index (κ3) is 4.89. The summed E-state index contributed by atoms with van der Waals surface area (Å²) in [5, 5.41) is 15.4. The van der Waals surface area contributed by atoms with Gasteiger partial charge >= 0.3 is 0 Å². The molecule has 7 heteroatoms. The summed E-state index contributed by atoms with van der Waals surface area (Å²) < 4.78 is 1.68. The lowest BCUT2D eigenvalue weighted by molar-refractivity contribution is -0.121. The standard InChI is InChI=1S/C20H26N6O/c1-15-18(16(2)24-26-14-22-23-20(15)26)9-10-19(27)21-11-12-25(3)13-17-7-5-4-6-8-17/h4-8,14H,9-13H2,1-3H3,(H,21,27). The van der Waals surface area contributed by atoms with E-state index in [0.29, 0.717) is 19.4 Å². The number of fused-ring (bicyclic) bond motifs is 1. The lowest BCUT2D eigenvalue weighted by atomic mass is 10.0. The van der Waals surface area contributed by atoms with Gasteiger partial charge in [0.2, 0.25) is 5.91 Å². The Balaban J connectivity index is 1.45. The average Bonchev–Trinajstić information content (AvgIpc) is 3.11. The van der Waals surface area contributed by atoms with Crippen LogP contribution in [0.2, 0.25) is 0 Å². The molecule has 1 amide bonds. The Morgan fingerprint density at radius 3 is 2.78 bits per heavy atom. The van der Waals surface area contributed by atoms with E-state index in [1.165, 1.54) is 5.56 Å². The Hall–Kier alpha value is -2.80. The van der Waals surface area contributed by atoms with Crippen molar-refractivity contribution >= 4 is 11.6 Å². The summed E-state index contributed by atoms with van der Waals surface area (Å²) in [5.74, 6) is 0.0586. The Morgan fingerprint density at radius 1 is 1.22 bits per heavy atom. The van der Waals surface area contributed by atoms with Crippen LogP contribution in [0.1, 0.15) is 28.8 Å². The molecule has 0 radical (unpaired) electrons. The van der Waals surface area contributed by atoms with Crippen LogP contribution in [-0.4, -0.2) is 50.8 Å². The van der Waals surface area contributed by atoms with Crippen LogP contribution in [0.5, 0.6) is 0 Å². The molecule has 142 valence electrons. The number of benzene rings is 1. The highest BCUT2D eigenvalue weighted by atomic mass is 16.1. The van der Waals surface area contributed by atoms with Gasteiger partial charge in [0.05, 0.1) is 5.69 Å². The highest BCUT2D eigenvalue weighted by Gasteiger charge is 2.12. The molecule has 0 aliphatic heterocycles. The van der Waals surface area contributed by atoms with Gasteiger partial charge in [0.15, 0.2) is 5.65 Å². The first-order valence-electron chi connectivity index (χ1n) is 9.20. The van der Waals surface area contributed by atoms with Crippen LogP contribution in [0.15, 0.2) is 36.7 Å². The summed E-state index contributed by atoms with van der Waals surface area (Å²) in [7, 11) is 2.06. The number of rotatable bonds is 8. The van der Waals surface area contributed by atoms with Gasteiger partial charge in [-0.2, -0.15) is 5.10 Å². The molecule has 7 nitrogen and oxygen atoms in total. The van der Waals surface area contributed by atoms with Crippen molar-refractivity contribution < 1.29 is 4.79 Å². The summed E-state index contributed by atoms with van der Waals surface area (Å²) in [6.45, 7) is 6.29. The highest BCUT2D eigenvalue weighted by molar-refractivity contribution is 5.76. The second-order valence-corrected chi connectivity index (χ2v) is 6.86. The van der Waals surface area contributed by atoms with Gasteiger partial charge in [-0.25, -0.2) is 4.52 Å². The SMILES string of the molecule is Cc1nn2cnnc2c(C)c1CCC(=O)NCCN(C)Cc1ccccc1. The van der Waals surface area contributed by atoms with Crippen molar-refractivity contribution in [3.05, 3.63) is 59.0 Å². The second kappa shape index (κ2) is 8.73. The van der Waals surface area contributed by atoms with E-state index in [1.807, 2.05) is 32.0 Å². The lowest BCUT2D eigenvalue weighted by Crippen LogP contribution is -2.32. The molecule has 3 rings (SSSR count). The number of likely N-dealkylation sites (N-methyl/N-ethyl adjacent to an activating group) is 1. The van der Waals surface area contributed by atoms with Crippen molar-refractivity contribution in [2.45, 2.75) is 33.2 Å². The number of carbonyl (C=O) groups is 1. The van der Waals surface area contributed by atoms with E-state index < -0.39 is 0 Å². The maximum atomic E-state index is 12.2. The summed E-state index contributed by atoms with van der Waals surface area (Å²) in [5.41, 5.74) is 5.05. The van der Waals surface area contributed by atoms with Crippen molar-refractivity contribution in [2.24, 2.45) is 0 Å². The molecule has 3 aromatic rings. The van der Waals surface area contributed by atoms with E-state index in [0.717, 1.165) is 35.6 Å². The summed E-state index contributed by atoms with van der Waals surface area (Å²) in [6.07, 6.45) is 2.69. The molecule has 0 unspecified atom stereocenters. The van der Waals surface area contributed by atoms with Gasteiger partial charge in [0.1, 0.15) is 6.33 Å². The third-order valence-electron chi connectivity index (χ3n) is 4.73. The van der Waals surface area contributed by atoms with Crippen LogP contribution in [-0.2, 0) is 17.8 Å². The smallest absolute Gasteiger partial charge is 0.220 e. The van der Waals surface area contributed by atoms with Crippen molar-refractivity contribution in [1.29, 1.82) is 0 Å². The van der Waals surface area contributed by atoms with Gasteiger partial charge < -0.3 is 10.2 Å². The van der Waals surface area contributed by atoms with Crippen molar-refractivity contribution in [2.75, 3.05) is 20.1 Å². The van der Waals surface area contributed by atoms with E-state index in [9.17, 15) is 4.79 Å². The molecule has 0 bridgehead atoms. The minimum absolute atomic E-state index is 0.0586. The van der Waals surface area contributed by atoms with Gasteiger partial charge in [-0.15, -0.1) is 10.2 Å². The summed E-state index contributed by atoms with van der Waals surface area (Å²) in [6, 6.07) is 10.3. The molecule has 27 heavy (non-hydrogen) atoms. The fourth-order valence-electron chi connectivity index (χ4n) is 3.23. The topological polar surface area (TPSA) is 75.4 Å². The molecule has 2 aromatic heterocycles. The summed E-state index contributed by atoms with van der Waals surface area (Å²) >= 11 is 0. The Kier molecular flexibility index (Phi) is 6.13. The number of aromatic nitrogens is 4. The zero-order valence-corrected chi connectivity index (χ0v) is 16.1. The molecule has 0 fully saturated rings. The van der Waals surface area contributed by atoms with Crippen LogP contribution in [0.4, 0.5) is 0 Å². The number of hydrogen-bond donors (Lipinski definition) is 1. The van der Waals surface area contributed by atoms with E-state index >= 15 is 0 Å². The quantitative estimate of drug-likeness (QED) is 0.659. The monoisotopic (exact) mass is 366 g/mol. The molecule has 0 saturated heterocycles. The maximum Gasteiger partial charge on any atom is 0.220 e. The number of hydrogen-bond acceptors (Lipinski definition) is 5. The molecule has 0 aliphatic carbocycles. The molecule has 0 aliphatic rings. The van der Waals surface area contributed by atoms with Crippen LogP contribution >= 0.6 is 0 Å². The van der Waals surface area contributed by atoms with Gasteiger partial charge in [-0.1, -0.05) is 30.3 Å². The third-order valence-corrected chi connectivity index (χ3v) is 4.73. The first-order chi connectivity index (χ1) is 13.0. The molecule has 2 heterocycles. The number of carbonyl (C=O) groups excluding carboxylic acids is 1. The predicted molar refractivity (Wildman–Crippen MR) is 104 cm³/mol. The van der Waals surface area contributed by atoms with E-state index in [1.54, 1.807) is 10.8 Å². The molecule has 1 aromatic carbocycles. The second-order valence-electron chi connectivity index (χ2n) is 6.86. The first kappa shape index (κ1) is 19.0. The molecule has 0 atom stereocenters. The largest absolute Gasteiger partial charge is 0.355 e. The predicted octanol–water partition coefficient (Wildman–Crippen LogP) is 1.92.